The van der Waals surface area contributed by atoms with Crippen molar-refractivity contribution in [1.29, 1.82) is 0 Å². The van der Waals surface area contributed by atoms with E-state index in [0.29, 0.717) is 17.9 Å². The minimum Gasteiger partial charge on any atom is -0.382 e. The lowest BCUT2D eigenvalue weighted by Gasteiger charge is -2.02. The van der Waals surface area contributed by atoms with Gasteiger partial charge in [-0.05, 0) is 12.1 Å². The maximum Gasteiger partial charge on any atom is 0.165 e. The molecule has 0 radical (unpaired) electrons. The molecule has 0 aliphatic heterocycles. The van der Waals surface area contributed by atoms with Gasteiger partial charge >= 0.3 is 0 Å². The summed E-state index contributed by atoms with van der Waals surface area (Å²) in [6.07, 6.45) is 4.90. The van der Waals surface area contributed by atoms with Gasteiger partial charge in [-0.25, -0.2) is 15.0 Å². The molecule has 0 saturated heterocycles. The number of imidazole rings is 1. The maximum atomic E-state index is 5.72. The standard InChI is InChI=1S/C11H10N6/c12-10-9-11(15-6-14-10)17(7-16-9)5-8-3-1-2-4-13-8/h1-4,6-7H,5H2,(H2,12,14,15). The molecule has 0 aliphatic rings. The summed E-state index contributed by atoms with van der Waals surface area (Å²) in [4.78, 5) is 16.5. The van der Waals surface area contributed by atoms with E-state index in [4.69, 9.17) is 5.73 Å². The van der Waals surface area contributed by atoms with E-state index in [2.05, 4.69) is 19.9 Å². The van der Waals surface area contributed by atoms with Crippen molar-refractivity contribution < 1.29 is 0 Å². The average molecular weight is 226 g/mol. The molecule has 3 aromatic rings. The first-order valence-electron chi connectivity index (χ1n) is 5.16. The summed E-state index contributed by atoms with van der Waals surface area (Å²) >= 11 is 0. The molecule has 0 saturated carbocycles. The van der Waals surface area contributed by atoms with Gasteiger partial charge in [-0.3, -0.25) is 4.98 Å². The van der Waals surface area contributed by atoms with E-state index in [1.165, 1.54) is 6.33 Å². The quantitative estimate of drug-likeness (QED) is 0.700. The Kier molecular flexibility index (Phi) is 2.18. The Labute approximate surface area is 97.2 Å². The van der Waals surface area contributed by atoms with Crippen LogP contribution in [0.2, 0.25) is 0 Å². The second kappa shape index (κ2) is 3.82. The first-order valence-corrected chi connectivity index (χ1v) is 5.16. The van der Waals surface area contributed by atoms with E-state index in [-0.39, 0.29) is 0 Å². The first kappa shape index (κ1) is 9.71. The van der Waals surface area contributed by atoms with E-state index in [1.807, 2.05) is 22.8 Å². The number of rotatable bonds is 2. The zero-order chi connectivity index (χ0) is 11.7. The molecule has 6 heteroatoms. The van der Waals surface area contributed by atoms with E-state index in [1.54, 1.807) is 12.5 Å². The predicted molar refractivity (Wildman–Crippen MR) is 63.1 cm³/mol. The lowest BCUT2D eigenvalue weighted by Crippen LogP contribution is -2.01. The molecule has 6 nitrogen and oxygen atoms in total. The predicted octanol–water partition coefficient (Wildman–Crippen LogP) is 0.852. The van der Waals surface area contributed by atoms with E-state index < -0.39 is 0 Å². The number of nitrogen functional groups attached to an aromatic ring is 1. The first-order chi connectivity index (χ1) is 8.34. The number of hydrogen-bond acceptors (Lipinski definition) is 5. The normalized spacial score (nSPS) is 10.8. The third kappa shape index (κ3) is 1.69. The van der Waals surface area contributed by atoms with Crippen LogP contribution in [-0.4, -0.2) is 24.5 Å². The average Bonchev–Trinajstić information content (AvgIpc) is 2.76. The molecule has 0 fully saturated rings. The summed E-state index contributed by atoms with van der Waals surface area (Å²) in [5, 5.41) is 0. The smallest absolute Gasteiger partial charge is 0.165 e. The Morgan fingerprint density at radius 2 is 2.06 bits per heavy atom. The van der Waals surface area contributed by atoms with Gasteiger partial charge in [-0.15, -0.1) is 0 Å². The van der Waals surface area contributed by atoms with E-state index >= 15 is 0 Å². The Morgan fingerprint density at radius 3 is 2.88 bits per heavy atom. The van der Waals surface area contributed by atoms with Crippen molar-refractivity contribution in [2.45, 2.75) is 6.54 Å². The summed E-state index contributed by atoms with van der Waals surface area (Å²) in [6, 6.07) is 5.79. The molecule has 3 rings (SSSR count). The molecule has 3 aromatic heterocycles. The van der Waals surface area contributed by atoms with Crippen molar-refractivity contribution in [2.75, 3.05) is 5.73 Å². The number of anilines is 1. The van der Waals surface area contributed by atoms with Crippen molar-refractivity contribution in [3.8, 4) is 0 Å². The molecule has 0 bridgehead atoms. The minimum absolute atomic E-state index is 0.398. The highest BCUT2D eigenvalue weighted by Crippen LogP contribution is 2.14. The largest absolute Gasteiger partial charge is 0.382 e. The van der Waals surface area contributed by atoms with Crippen molar-refractivity contribution in [3.63, 3.8) is 0 Å². The molecular formula is C11H10N6. The number of aromatic nitrogens is 5. The molecule has 84 valence electrons. The second-order valence-electron chi connectivity index (χ2n) is 3.62. The number of fused-ring (bicyclic) bond motifs is 1. The number of nitrogens with two attached hydrogens (primary N) is 1. The second-order valence-corrected chi connectivity index (χ2v) is 3.62. The molecule has 0 aliphatic carbocycles. The fourth-order valence-corrected chi connectivity index (χ4v) is 1.68. The summed E-state index contributed by atoms with van der Waals surface area (Å²) in [7, 11) is 0. The molecule has 0 spiro atoms. The highest BCUT2D eigenvalue weighted by atomic mass is 15.1. The topological polar surface area (TPSA) is 82.5 Å². The molecule has 0 amide bonds. The van der Waals surface area contributed by atoms with Crippen LogP contribution in [0.3, 0.4) is 0 Å². The van der Waals surface area contributed by atoms with Gasteiger partial charge < -0.3 is 10.3 Å². The van der Waals surface area contributed by atoms with E-state index in [0.717, 1.165) is 11.3 Å². The monoisotopic (exact) mass is 226 g/mol. The zero-order valence-electron chi connectivity index (χ0n) is 8.98. The fourth-order valence-electron chi connectivity index (χ4n) is 1.68. The van der Waals surface area contributed by atoms with Gasteiger partial charge in [0.05, 0.1) is 18.6 Å². The number of pyridine rings is 1. The maximum absolute atomic E-state index is 5.72. The van der Waals surface area contributed by atoms with Crippen molar-refractivity contribution in [2.24, 2.45) is 0 Å². The summed E-state index contributed by atoms with van der Waals surface area (Å²) < 4.78 is 1.90. The SMILES string of the molecule is Nc1ncnc2c1ncn2Cc1ccccn1. The van der Waals surface area contributed by atoms with E-state index in [9.17, 15) is 0 Å². The summed E-state index contributed by atoms with van der Waals surface area (Å²) in [5.74, 6) is 0.398. The molecule has 0 unspecified atom stereocenters. The third-order valence-electron chi connectivity index (χ3n) is 2.49. The Hall–Kier alpha value is -2.50. The number of hydrogen-bond donors (Lipinski definition) is 1. The summed E-state index contributed by atoms with van der Waals surface area (Å²) in [6.45, 7) is 0.619. The van der Waals surface area contributed by atoms with Gasteiger partial charge in [0, 0.05) is 6.20 Å². The van der Waals surface area contributed by atoms with Gasteiger partial charge in [0.1, 0.15) is 11.8 Å². The van der Waals surface area contributed by atoms with Crippen LogP contribution in [0.4, 0.5) is 5.82 Å². The van der Waals surface area contributed by atoms with Gasteiger partial charge in [0.25, 0.3) is 0 Å². The molecular weight excluding hydrogens is 216 g/mol. The number of nitrogens with zero attached hydrogens (tertiary/aromatic N) is 5. The van der Waals surface area contributed by atoms with Gasteiger partial charge in [0.15, 0.2) is 11.5 Å². The lowest BCUT2D eigenvalue weighted by atomic mass is 10.3. The van der Waals surface area contributed by atoms with Gasteiger partial charge in [-0.1, -0.05) is 6.07 Å². The van der Waals surface area contributed by atoms with Crippen LogP contribution >= 0.6 is 0 Å². The lowest BCUT2D eigenvalue weighted by molar-refractivity contribution is 0.788. The minimum atomic E-state index is 0.398. The van der Waals surface area contributed by atoms with Crippen LogP contribution < -0.4 is 5.73 Å². The third-order valence-corrected chi connectivity index (χ3v) is 2.49. The highest BCUT2D eigenvalue weighted by molar-refractivity contribution is 5.81. The molecule has 3 heterocycles. The van der Waals surface area contributed by atoms with Crippen LogP contribution in [0, 0.1) is 0 Å². The molecule has 17 heavy (non-hydrogen) atoms. The van der Waals surface area contributed by atoms with Crippen molar-refractivity contribution in [3.05, 3.63) is 42.7 Å². The Morgan fingerprint density at radius 1 is 1.12 bits per heavy atom. The Balaban J connectivity index is 2.05. The van der Waals surface area contributed by atoms with Crippen LogP contribution in [0.5, 0.6) is 0 Å². The van der Waals surface area contributed by atoms with Gasteiger partial charge in [-0.2, -0.15) is 0 Å². The zero-order valence-corrected chi connectivity index (χ0v) is 8.98. The van der Waals surface area contributed by atoms with Crippen LogP contribution in [0.1, 0.15) is 5.69 Å². The van der Waals surface area contributed by atoms with Crippen molar-refractivity contribution in [1.82, 2.24) is 24.5 Å². The summed E-state index contributed by atoms with van der Waals surface area (Å²) in [5.41, 5.74) is 8.02. The van der Waals surface area contributed by atoms with Gasteiger partial charge in [0.2, 0.25) is 0 Å². The fraction of sp³-hybridized carbons (Fsp3) is 0.0909. The van der Waals surface area contributed by atoms with Crippen LogP contribution in [-0.2, 0) is 6.54 Å². The van der Waals surface area contributed by atoms with Crippen molar-refractivity contribution >= 4 is 17.0 Å². The Bertz CT molecular complexity index is 645. The molecule has 2 N–H and O–H groups in total. The highest BCUT2D eigenvalue weighted by Gasteiger charge is 2.07. The van der Waals surface area contributed by atoms with Crippen LogP contribution in [0.15, 0.2) is 37.1 Å². The van der Waals surface area contributed by atoms with Crippen LogP contribution in [0.25, 0.3) is 11.2 Å². The molecule has 0 atom stereocenters. The molecule has 0 aromatic carbocycles.